The summed E-state index contributed by atoms with van der Waals surface area (Å²) in [6, 6.07) is 1.73. The molecule has 0 spiro atoms. The van der Waals surface area contributed by atoms with E-state index < -0.39 is 14.2 Å². The fraction of sp³-hybridized carbons (Fsp3) is 0.300. The summed E-state index contributed by atoms with van der Waals surface area (Å²) in [5.74, 6) is 3.04. The lowest BCUT2D eigenvalue weighted by atomic mass is 10.4. The summed E-state index contributed by atoms with van der Waals surface area (Å²) in [5.41, 5.74) is 3.79. The molecule has 0 saturated carbocycles. The number of thiophene rings is 1. The Balaban J connectivity index is 2.90. The van der Waals surface area contributed by atoms with Crippen LogP contribution in [0.25, 0.3) is 0 Å². The second kappa shape index (κ2) is 4.51. The summed E-state index contributed by atoms with van der Waals surface area (Å²) in [4.78, 5) is 11.3. The number of hydrogen-bond acceptors (Lipinski definition) is 2. The van der Waals surface area contributed by atoms with Crippen molar-refractivity contribution in [1.82, 2.24) is 0 Å². The van der Waals surface area contributed by atoms with Gasteiger partial charge in [-0.3, -0.25) is 5.32 Å². The number of hydrogen-bond donors (Lipinski definition) is 2. The fourth-order valence-electron chi connectivity index (χ4n) is 0.864. The molecule has 0 unspecified atom stereocenters. The van der Waals surface area contributed by atoms with Crippen molar-refractivity contribution in [3.8, 4) is 11.5 Å². The topological polar surface area (TPSA) is 49.3 Å². The zero-order valence-corrected chi connectivity index (χ0v) is 10.7. The van der Waals surface area contributed by atoms with E-state index in [4.69, 9.17) is 5.11 Å². The number of carbonyl (C=O) groups is 1. The highest BCUT2D eigenvalue weighted by atomic mass is 32.1. The molecule has 0 radical (unpaired) electrons. The lowest BCUT2D eigenvalue weighted by Gasteiger charge is -2.03. The highest BCUT2D eigenvalue weighted by Gasteiger charge is 2.09. The molecule has 0 bridgehead atoms. The van der Waals surface area contributed by atoms with Crippen molar-refractivity contribution in [3.05, 3.63) is 16.3 Å². The molecule has 1 aromatic rings. The molecule has 3 nitrogen and oxygen atoms in total. The molecule has 0 aromatic carbocycles. The van der Waals surface area contributed by atoms with Crippen LogP contribution in [0.3, 0.4) is 0 Å². The first-order valence-electron chi connectivity index (χ1n) is 4.49. The molecule has 15 heavy (non-hydrogen) atoms. The molecule has 0 atom stereocenters. The Morgan fingerprint density at radius 2 is 2.20 bits per heavy atom. The molecule has 1 aromatic heterocycles. The smallest absolute Gasteiger partial charge is 0.409 e. The number of carboxylic acid groups (broad SMARTS) is 1. The van der Waals surface area contributed by atoms with Crippen molar-refractivity contribution in [1.29, 1.82) is 0 Å². The van der Waals surface area contributed by atoms with Crippen LogP contribution in [0.2, 0.25) is 19.6 Å². The molecule has 0 saturated heterocycles. The minimum atomic E-state index is -1.41. The summed E-state index contributed by atoms with van der Waals surface area (Å²) in [7, 11) is -1.41. The van der Waals surface area contributed by atoms with Gasteiger partial charge in [0.25, 0.3) is 0 Å². The van der Waals surface area contributed by atoms with Crippen LogP contribution in [0.1, 0.15) is 4.88 Å². The van der Waals surface area contributed by atoms with Gasteiger partial charge in [0, 0.05) is 0 Å². The van der Waals surface area contributed by atoms with Gasteiger partial charge in [0.15, 0.2) is 0 Å². The Bertz CT molecular complexity index is 423. The highest BCUT2D eigenvalue weighted by Crippen LogP contribution is 2.21. The Hall–Kier alpha value is -1.25. The van der Waals surface area contributed by atoms with E-state index >= 15 is 0 Å². The summed E-state index contributed by atoms with van der Waals surface area (Å²) in [5, 5.41) is 12.8. The number of nitrogens with one attached hydrogen (secondary N) is 1. The van der Waals surface area contributed by atoms with Gasteiger partial charge in [-0.2, -0.15) is 0 Å². The summed E-state index contributed by atoms with van der Waals surface area (Å²) < 4.78 is 0. The van der Waals surface area contributed by atoms with Gasteiger partial charge in [-0.05, 0) is 11.4 Å². The van der Waals surface area contributed by atoms with Gasteiger partial charge < -0.3 is 5.11 Å². The second-order valence-electron chi connectivity index (χ2n) is 4.09. The van der Waals surface area contributed by atoms with Gasteiger partial charge >= 0.3 is 6.09 Å². The standard InChI is InChI=1S/C10H13NO2SSi/c1-15(2,3)7-5-9-8(4-6-14-9)11-10(12)13/h4,6,11H,1-3H3,(H,12,13). The Morgan fingerprint density at radius 3 is 2.73 bits per heavy atom. The Morgan fingerprint density at radius 1 is 1.53 bits per heavy atom. The quantitative estimate of drug-likeness (QED) is 0.584. The molecule has 0 aliphatic rings. The minimum absolute atomic E-state index is 0.582. The third-order valence-corrected chi connectivity index (χ3v) is 3.16. The third-order valence-electron chi connectivity index (χ3n) is 1.46. The SMILES string of the molecule is C[Si](C)(C)C#Cc1sccc1NC(=O)O. The van der Waals surface area contributed by atoms with Gasteiger partial charge in [0.1, 0.15) is 8.07 Å². The summed E-state index contributed by atoms with van der Waals surface area (Å²) in [6.45, 7) is 6.45. The van der Waals surface area contributed by atoms with Crippen molar-refractivity contribution in [3.63, 3.8) is 0 Å². The third kappa shape index (κ3) is 4.19. The average molecular weight is 239 g/mol. The highest BCUT2D eigenvalue weighted by molar-refractivity contribution is 7.11. The zero-order valence-electron chi connectivity index (χ0n) is 8.92. The van der Waals surface area contributed by atoms with Crippen LogP contribution >= 0.6 is 11.3 Å². The van der Waals surface area contributed by atoms with E-state index in [-0.39, 0.29) is 0 Å². The monoisotopic (exact) mass is 239 g/mol. The van der Waals surface area contributed by atoms with E-state index in [9.17, 15) is 4.79 Å². The molecule has 80 valence electrons. The van der Waals surface area contributed by atoms with E-state index in [1.807, 2.05) is 5.38 Å². The van der Waals surface area contributed by atoms with E-state index in [0.29, 0.717) is 5.69 Å². The first kappa shape index (κ1) is 11.8. The first-order valence-corrected chi connectivity index (χ1v) is 8.87. The largest absolute Gasteiger partial charge is 0.465 e. The van der Waals surface area contributed by atoms with E-state index in [1.54, 1.807) is 6.07 Å². The van der Waals surface area contributed by atoms with E-state index in [1.165, 1.54) is 11.3 Å². The average Bonchev–Trinajstić information content (AvgIpc) is 2.46. The van der Waals surface area contributed by atoms with E-state index in [0.717, 1.165) is 4.88 Å². The molecule has 1 rings (SSSR count). The minimum Gasteiger partial charge on any atom is -0.465 e. The van der Waals surface area contributed by atoms with Crippen LogP contribution in [-0.2, 0) is 0 Å². The van der Waals surface area contributed by atoms with Crippen molar-refractivity contribution in [2.24, 2.45) is 0 Å². The molecule has 1 amide bonds. The molecule has 0 aliphatic carbocycles. The Labute approximate surface area is 94.1 Å². The van der Waals surface area contributed by atoms with Crippen LogP contribution in [0, 0.1) is 11.5 Å². The summed E-state index contributed by atoms with van der Waals surface area (Å²) in [6.07, 6.45) is -1.05. The van der Waals surface area contributed by atoms with Crippen molar-refractivity contribution in [2.45, 2.75) is 19.6 Å². The lowest BCUT2D eigenvalue weighted by molar-refractivity contribution is 0.210. The summed E-state index contributed by atoms with van der Waals surface area (Å²) >= 11 is 1.45. The maximum Gasteiger partial charge on any atom is 0.409 e. The van der Waals surface area contributed by atoms with Gasteiger partial charge in [-0.15, -0.1) is 16.9 Å². The zero-order chi connectivity index (χ0) is 11.5. The van der Waals surface area contributed by atoms with Crippen LogP contribution in [0.5, 0.6) is 0 Å². The molecule has 0 fully saturated rings. The van der Waals surface area contributed by atoms with Gasteiger partial charge in [0.2, 0.25) is 0 Å². The van der Waals surface area contributed by atoms with Crippen LogP contribution in [0.15, 0.2) is 11.4 Å². The molecular formula is C10H13NO2SSi. The Kier molecular flexibility index (Phi) is 3.55. The van der Waals surface area contributed by atoms with Crippen LogP contribution in [-0.4, -0.2) is 19.3 Å². The second-order valence-corrected chi connectivity index (χ2v) is 9.76. The normalized spacial score (nSPS) is 10.3. The van der Waals surface area contributed by atoms with Crippen molar-refractivity contribution < 1.29 is 9.90 Å². The predicted octanol–water partition coefficient (Wildman–Crippen LogP) is 3.07. The maximum atomic E-state index is 10.5. The number of amides is 1. The van der Waals surface area contributed by atoms with Gasteiger partial charge in [0.05, 0.1) is 10.6 Å². The van der Waals surface area contributed by atoms with Crippen molar-refractivity contribution in [2.75, 3.05) is 5.32 Å². The molecule has 0 aliphatic heterocycles. The number of rotatable bonds is 1. The molecule has 1 heterocycles. The predicted molar refractivity (Wildman–Crippen MR) is 66.2 cm³/mol. The fourth-order valence-corrected chi connectivity index (χ4v) is 2.15. The van der Waals surface area contributed by atoms with Crippen molar-refractivity contribution >= 4 is 31.2 Å². The molecular weight excluding hydrogens is 226 g/mol. The van der Waals surface area contributed by atoms with Gasteiger partial charge in [-0.25, -0.2) is 4.79 Å². The van der Waals surface area contributed by atoms with Crippen LogP contribution in [0.4, 0.5) is 10.5 Å². The van der Waals surface area contributed by atoms with Gasteiger partial charge in [-0.1, -0.05) is 25.6 Å². The molecule has 5 heteroatoms. The maximum absolute atomic E-state index is 10.5. The van der Waals surface area contributed by atoms with E-state index in [2.05, 4.69) is 36.4 Å². The lowest BCUT2D eigenvalue weighted by Crippen LogP contribution is -2.16. The number of anilines is 1. The molecule has 2 N–H and O–H groups in total. The van der Waals surface area contributed by atoms with Crippen LogP contribution < -0.4 is 5.32 Å². The first-order chi connectivity index (χ1) is 6.88.